The van der Waals surface area contributed by atoms with Gasteiger partial charge in [0, 0.05) is 18.5 Å². The van der Waals surface area contributed by atoms with Crippen molar-refractivity contribution in [1.29, 1.82) is 0 Å². The van der Waals surface area contributed by atoms with Crippen LogP contribution in [0.5, 0.6) is 0 Å². The first kappa shape index (κ1) is 15.8. The summed E-state index contributed by atoms with van der Waals surface area (Å²) >= 11 is 0. The highest BCUT2D eigenvalue weighted by Crippen LogP contribution is 2.40. The molecule has 130 valence electrons. The van der Waals surface area contributed by atoms with Crippen LogP contribution in [0.15, 0.2) is 30.5 Å². The van der Waals surface area contributed by atoms with Gasteiger partial charge in [0.15, 0.2) is 0 Å². The van der Waals surface area contributed by atoms with Crippen molar-refractivity contribution in [3.63, 3.8) is 0 Å². The molecule has 25 heavy (non-hydrogen) atoms. The lowest BCUT2D eigenvalue weighted by atomic mass is 9.78. The number of aryl methyl sites for hydroxylation is 1. The summed E-state index contributed by atoms with van der Waals surface area (Å²) in [4.78, 5) is 21.0. The second kappa shape index (κ2) is 6.31. The lowest BCUT2D eigenvalue weighted by Gasteiger charge is -2.35. The molecule has 2 heterocycles. The molecule has 1 fully saturated rings. The highest BCUT2D eigenvalue weighted by Gasteiger charge is 2.36. The monoisotopic (exact) mass is 339 g/mol. The van der Waals surface area contributed by atoms with E-state index in [1.165, 1.54) is 23.7 Å². The molecule has 2 aromatic rings. The fraction of sp³-hybridized carbons (Fsp3) is 0.444. The summed E-state index contributed by atoms with van der Waals surface area (Å²) in [7, 11) is 0. The second-order valence-electron chi connectivity index (χ2n) is 6.80. The predicted molar refractivity (Wildman–Crippen MR) is 95.6 cm³/mol. The number of nitrogen functional groups attached to an aromatic ring is 1. The van der Waals surface area contributed by atoms with Crippen molar-refractivity contribution in [2.24, 2.45) is 0 Å². The van der Waals surface area contributed by atoms with Gasteiger partial charge in [0.2, 0.25) is 11.8 Å². The molecule has 1 aliphatic heterocycles. The fourth-order valence-electron chi connectivity index (χ4n) is 4.31. The van der Waals surface area contributed by atoms with Gasteiger partial charge in [-0.1, -0.05) is 24.3 Å². The highest BCUT2D eigenvalue weighted by molar-refractivity contribution is 5.54. The van der Waals surface area contributed by atoms with E-state index in [1.807, 2.05) is 0 Å². The Morgan fingerprint density at radius 2 is 2.08 bits per heavy atom. The summed E-state index contributed by atoms with van der Waals surface area (Å²) in [6.45, 7) is 0.862. The van der Waals surface area contributed by atoms with E-state index in [4.69, 9.17) is 5.73 Å². The molecule has 0 bridgehead atoms. The van der Waals surface area contributed by atoms with Gasteiger partial charge in [-0.15, -0.1) is 0 Å². The predicted octanol–water partition coefficient (Wildman–Crippen LogP) is 3.06. The number of fused-ring (bicyclic) bond motifs is 1. The van der Waals surface area contributed by atoms with Crippen LogP contribution >= 0.6 is 0 Å². The number of nitrogens with zero attached hydrogens (tertiary/aromatic N) is 4. The van der Waals surface area contributed by atoms with Crippen molar-refractivity contribution in [3.8, 4) is 0 Å². The van der Waals surface area contributed by atoms with E-state index in [9.17, 15) is 10.1 Å². The lowest BCUT2D eigenvalue weighted by Crippen LogP contribution is -2.37. The van der Waals surface area contributed by atoms with Crippen molar-refractivity contribution < 1.29 is 4.92 Å². The van der Waals surface area contributed by atoms with Gasteiger partial charge in [0.05, 0.1) is 4.92 Å². The largest absolute Gasteiger partial charge is 0.378 e. The first-order valence-electron chi connectivity index (χ1n) is 8.76. The van der Waals surface area contributed by atoms with Crippen LogP contribution in [0.3, 0.4) is 0 Å². The van der Waals surface area contributed by atoms with Gasteiger partial charge in [0.25, 0.3) is 0 Å². The van der Waals surface area contributed by atoms with Crippen molar-refractivity contribution >= 4 is 17.5 Å². The molecule has 2 aliphatic rings. The number of anilines is 2. The van der Waals surface area contributed by atoms with Crippen LogP contribution in [0, 0.1) is 10.1 Å². The Morgan fingerprint density at radius 1 is 1.24 bits per heavy atom. The Kier molecular flexibility index (Phi) is 3.99. The SMILES string of the molecule is Nc1nc(N2CCCC2C2CCCc3ccccc32)ncc1[N+](=O)[O-]. The summed E-state index contributed by atoms with van der Waals surface area (Å²) < 4.78 is 0. The summed E-state index contributed by atoms with van der Waals surface area (Å²) in [5, 5.41) is 10.9. The Morgan fingerprint density at radius 3 is 2.88 bits per heavy atom. The average Bonchev–Trinajstić information content (AvgIpc) is 3.10. The van der Waals surface area contributed by atoms with E-state index in [-0.39, 0.29) is 11.5 Å². The summed E-state index contributed by atoms with van der Waals surface area (Å²) in [6.07, 6.45) is 6.86. The van der Waals surface area contributed by atoms with Crippen molar-refractivity contribution in [3.05, 3.63) is 51.7 Å². The fourth-order valence-corrected chi connectivity index (χ4v) is 4.31. The van der Waals surface area contributed by atoms with E-state index in [2.05, 4.69) is 39.1 Å². The van der Waals surface area contributed by atoms with E-state index in [1.54, 1.807) is 0 Å². The van der Waals surface area contributed by atoms with Crippen molar-refractivity contribution in [2.45, 2.75) is 44.1 Å². The van der Waals surface area contributed by atoms with E-state index in [0.717, 1.165) is 32.2 Å². The lowest BCUT2D eigenvalue weighted by molar-refractivity contribution is -0.384. The molecule has 0 amide bonds. The number of nitrogens with two attached hydrogens (primary N) is 1. The zero-order valence-electron chi connectivity index (χ0n) is 14.0. The number of benzene rings is 1. The van der Waals surface area contributed by atoms with Crippen LogP contribution in [-0.4, -0.2) is 27.5 Å². The maximum atomic E-state index is 10.9. The topological polar surface area (TPSA) is 98.2 Å². The number of hydrogen-bond acceptors (Lipinski definition) is 6. The number of nitro groups is 1. The summed E-state index contributed by atoms with van der Waals surface area (Å²) in [5.41, 5.74) is 8.41. The molecule has 4 rings (SSSR count). The van der Waals surface area contributed by atoms with Gasteiger partial charge in [-0.05, 0) is 43.2 Å². The van der Waals surface area contributed by atoms with Crippen molar-refractivity contribution in [1.82, 2.24) is 9.97 Å². The van der Waals surface area contributed by atoms with Gasteiger partial charge in [0.1, 0.15) is 6.20 Å². The van der Waals surface area contributed by atoms with Gasteiger partial charge in [-0.3, -0.25) is 10.1 Å². The Labute approximate surface area is 146 Å². The number of hydrogen-bond donors (Lipinski definition) is 1. The standard InChI is InChI=1S/C18H21N5O2/c19-17-16(23(24)25)11-20-18(21-17)22-10-4-9-15(22)14-8-3-6-12-5-1-2-7-13(12)14/h1-2,5,7,11,14-15H,3-4,6,8-10H2,(H2,19,20,21). The Hall–Kier alpha value is -2.70. The number of aromatic nitrogens is 2. The molecule has 1 aromatic heterocycles. The van der Waals surface area contributed by atoms with Crippen LogP contribution in [0.1, 0.15) is 42.7 Å². The molecule has 1 saturated heterocycles. The highest BCUT2D eigenvalue weighted by atomic mass is 16.6. The van der Waals surface area contributed by atoms with Gasteiger partial charge in [-0.2, -0.15) is 4.98 Å². The van der Waals surface area contributed by atoms with Gasteiger partial charge < -0.3 is 10.6 Å². The van der Waals surface area contributed by atoms with Crippen LogP contribution < -0.4 is 10.6 Å². The van der Waals surface area contributed by atoms with Crippen molar-refractivity contribution in [2.75, 3.05) is 17.2 Å². The van der Waals surface area contributed by atoms with Gasteiger partial charge in [-0.25, -0.2) is 4.98 Å². The number of rotatable bonds is 3. The molecule has 0 radical (unpaired) electrons. The van der Waals surface area contributed by atoms with Crippen LogP contribution in [0.25, 0.3) is 0 Å². The molecular formula is C18H21N5O2. The molecule has 0 saturated carbocycles. The third kappa shape index (κ3) is 2.79. The normalized spacial score (nSPS) is 22.6. The van der Waals surface area contributed by atoms with E-state index < -0.39 is 4.92 Å². The molecular weight excluding hydrogens is 318 g/mol. The smallest absolute Gasteiger partial charge is 0.329 e. The van der Waals surface area contributed by atoms with Crippen LogP contribution in [-0.2, 0) is 6.42 Å². The minimum absolute atomic E-state index is 0.0651. The minimum atomic E-state index is -0.544. The maximum Gasteiger partial charge on any atom is 0.329 e. The molecule has 2 atom stereocenters. The molecule has 2 unspecified atom stereocenters. The molecule has 0 spiro atoms. The first-order chi connectivity index (χ1) is 12.1. The van der Waals surface area contributed by atoms with E-state index in [0.29, 0.717) is 17.9 Å². The third-order valence-electron chi connectivity index (χ3n) is 5.42. The molecule has 1 aromatic carbocycles. The van der Waals surface area contributed by atoms with Crippen LogP contribution in [0.4, 0.5) is 17.5 Å². The zero-order valence-corrected chi connectivity index (χ0v) is 14.0. The quantitative estimate of drug-likeness (QED) is 0.681. The summed E-state index contributed by atoms with van der Waals surface area (Å²) in [5.74, 6) is 0.894. The molecule has 2 N–H and O–H groups in total. The first-order valence-corrected chi connectivity index (χ1v) is 8.76. The minimum Gasteiger partial charge on any atom is -0.378 e. The third-order valence-corrected chi connectivity index (χ3v) is 5.42. The molecule has 1 aliphatic carbocycles. The molecule has 7 heteroatoms. The summed E-state index contributed by atoms with van der Waals surface area (Å²) in [6, 6.07) is 8.99. The second-order valence-corrected chi connectivity index (χ2v) is 6.80. The maximum absolute atomic E-state index is 10.9. The Balaban J connectivity index is 1.66. The van der Waals surface area contributed by atoms with Gasteiger partial charge >= 0.3 is 5.69 Å². The van der Waals surface area contributed by atoms with E-state index >= 15 is 0 Å². The Bertz CT molecular complexity index is 810. The average molecular weight is 339 g/mol. The van der Waals surface area contributed by atoms with Crippen LogP contribution in [0.2, 0.25) is 0 Å². The zero-order chi connectivity index (χ0) is 17.4. The molecule has 7 nitrogen and oxygen atoms in total.